The van der Waals surface area contributed by atoms with Crippen molar-refractivity contribution in [1.29, 1.82) is 0 Å². The number of anilines is 1. The Bertz CT molecular complexity index is 950. The van der Waals surface area contributed by atoms with Gasteiger partial charge in [0.1, 0.15) is 11.3 Å². The molecule has 26 heavy (non-hydrogen) atoms. The molecule has 1 aliphatic carbocycles. The number of carbonyl (C=O) groups is 1. The van der Waals surface area contributed by atoms with Gasteiger partial charge in [-0.1, -0.05) is 6.08 Å². The number of benzene rings is 1. The molecule has 1 amide bonds. The highest BCUT2D eigenvalue weighted by molar-refractivity contribution is 5.95. The molecule has 0 fully saturated rings. The van der Waals surface area contributed by atoms with Gasteiger partial charge in [-0.15, -0.1) is 0 Å². The Morgan fingerprint density at radius 2 is 1.96 bits per heavy atom. The third kappa shape index (κ3) is 3.48. The van der Waals surface area contributed by atoms with Crippen LogP contribution in [0, 0.1) is 5.82 Å². The van der Waals surface area contributed by atoms with Crippen LogP contribution in [0.3, 0.4) is 0 Å². The van der Waals surface area contributed by atoms with Gasteiger partial charge in [0.05, 0.1) is 23.1 Å². The average Bonchev–Trinajstić information content (AvgIpc) is 2.72. The standard InChI is InChI=1S/C17H15F4N3O2/c1-16(2,26)8-13(25)23-15-22-12-7-9(17(19,20)21)6-11(18)14(12)24(15)10-4-3-5-10/h3-7,26H,8H2,1-2H3,(H,22,23,25). The number of aliphatic hydroxyl groups is 1. The number of allylic oxidation sites excluding steroid dienone is 4. The van der Waals surface area contributed by atoms with Crippen LogP contribution in [0.4, 0.5) is 23.5 Å². The fraction of sp³-hybridized carbons (Fsp3) is 0.294. The van der Waals surface area contributed by atoms with Gasteiger partial charge in [0.25, 0.3) is 0 Å². The van der Waals surface area contributed by atoms with Crippen LogP contribution in [0.25, 0.3) is 16.7 Å². The lowest BCUT2D eigenvalue weighted by atomic mass is 10.1. The zero-order valence-electron chi connectivity index (χ0n) is 13.9. The molecule has 138 valence electrons. The number of halogens is 4. The number of fused-ring (bicyclic) bond motifs is 1. The van der Waals surface area contributed by atoms with Crippen molar-refractivity contribution in [1.82, 2.24) is 9.55 Å². The van der Waals surface area contributed by atoms with E-state index in [0.29, 0.717) is 11.8 Å². The predicted octanol–water partition coefficient (Wildman–Crippen LogP) is 3.70. The van der Waals surface area contributed by atoms with Crippen molar-refractivity contribution >= 4 is 28.6 Å². The fourth-order valence-electron chi connectivity index (χ4n) is 2.55. The summed E-state index contributed by atoms with van der Waals surface area (Å²) in [6.07, 6.45) is -0.126. The summed E-state index contributed by atoms with van der Waals surface area (Å²) >= 11 is 0. The van der Waals surface area contributed by atoms with E-state index in [-0.39, 0.29) is 23.4 Å². The van der Waals surface area contributed by atoms with Crippen molar-refractivity contribution in [3.05, 3.63) is 41.7 Å². The van der Waals surface area contributed by atoms with Crippen LogP contribution in [0.1, 0.15) is 25.8 Å². The van der Waals surface area contributed by atoms with Crippen molar-refractivity contribution in [2.45, 2.75) is 32.0 Å². The molecule has 1 aromatic heterocycles. The molecule has 0 radical (unpaired) electrons. The minimum absolute atomic E-state index is 0.122. The molecule has 1 heterocycles. The first-order valence-corrected chi connectivity index (χ1v) is 7.66. The molecule has 1 aliphatic rings. The average molecular weight is 369 g/mol. The van der Waals surface area contributed by atoms with E-state index in [2.05, 4.69) is 10.3 Å². The Balaban J connectivity index is 2.10. The van der Waals surface area contributed by atoms with Gasteiger partial charge in [-0.2, -0.15) is 13.2 Å². The highest BCUT2D eigenvalue weighted by atomic mass is 19.4. The highest BCUT2D eigenvalue weighted by Crippen LogP contribution is 2.35. The fourth-order valence-corrected chi connectivity index (χ4v) is 2.55. The topological polar surface area (TPSA) is 67.2 Å². The summed E-state index contributed by atoms with van der Waals surface area (Å²) in [4.78, 5) is 16.0. The number of imidazole rings is 1. The van der Waals surface area contributed by atoms with Crippen molar-refractivity contribution in [2.24, 2.45) is 0 Å². The number of nitrogens with one attached hydrogen (secondary N) is 1. The molecule has 0 saturated carbocycles. The zero-order valence-corrected chi connectivity index (χ0v) is 13.9. The summed E-state index contributed by atoms with van der Waals surface area (Å²) in [6.45, 7) is 2.87. The molecule has 0 aliphatic heterocycles. The van der Waals surface area contributed by atoms with Crippen molar-refractivity contribution < 1.29 is 27.5 Å². The molecule has 0 saturated heterocycles. The Hall–Kier alpha value is -2.68. The monoisotopic (exact) mass is 369 g/mol. The van der Waals surface area contributed by atoms with Crippen molar-refractivity contribution in [2.75, 3.05) is 5.32 Å². The van der Waals surface area contributed by atoms with Crippen LogP contribution in [-0.4, -0.2) is 26.2 Å². The summed E-state index contributed by atoms with van der Waals surface area (Å²) in [5, 5.41) is 12.1. The molecule has 1 aromatic carbocycles. The first-order valence-electron chi connectivity index (χ1n) is 7.66. The number of rotatable bonds is 4. The maximum atomic E-state index is 14.4. The van der Waals surface area contributed by atoms with Gasteiger partial charge in [0, 0.05) is 5.70 Å². The van der Waals surface area contributed by atoms with Gasteiger partial charge in [-0.05, 0) is 38.1 Å². The van der Waals surface area contributed by atoms with Gasteiger partial charge >= 0.3 is 6.18 Å². The minimum atomic E-state index is -4.72. The molecule has 3 rings (SSSR count). The van der Waals surface area contributed by atoms with E-state index in [9.17, 15) is 27.5 Å². The maximum Gasteiger partial charge on any atom is 0.416 e. The van der Waals surface area contributed by atoms with Crippen molar-refractivity contribution in [3.8, 4) is 0 Å². The Morgan fingerprint density at radius 3 is 2.46 bits per heavy atom. The van der Waals surface area contributed by atoms with E-state index in [1.165, 1.54) is 18.4 Å². The number of nitrogens with zero attached hydrogens (tertiary/aromatic N) is 2. The number of hydrogen-bond acceptors (Lipinski definition) is 3. The van der Waals surface area contributed by atoms with Crippen LogP contribution in [-0.2, 0) is 11.0 Å². The van der Waals surface area contributed by atoms with Crippen LogP contribution in [0.2, 0.25) is 0 Å². The number of alkyl halides is 3. The van der Waals surface area contributed by atoms with Gasteiger partial charge < -0.3 is 5.11 Å². The Labute approximate surface area is 145 Å². The van der Waals surface area contributed by atoms with Crippen LogP contribution in [0.15, 0.2) is 30.4 Å². The number of amides is 1. The number of aromatic nitrogens is 2. The first-order chi connectivity index (χ1) is 12.0. The molecule has 0 spiro atoms. The lowest BCUT2D eigenvalue weighted by molar-refractivity contribution is -0.137. The van der Waals surface area contributed by atoms with E-state index in [4.69, 9.17) is 0 Å². The van der Waals surface area contributed by atoms with E-state index >= 15 is 0 Å². The normalized spacial score (nSPS) is 14.3. The van der Waals surface area contributed by atoms with Gasteiger partial charge in [-0.25, -0.2) is 9.37 Å². The third-order valence-electron chi connectivity index (χ3n) is 3.67. The third-order valence-corrected chi connectivity index (χ3v) is 3.67. The van der Waals surface area contributed by atoms with Gasteiger partial charge in [-0.3, -0.25) is 14.7 Å². The molecule has 9 heteroatoms. The minimum Gasteiger partial charge on any atom is -0.390 e. The summed E-state index contributed by atoms with van der Waals surface area (Å²) in [6, 6.07) is 1.12. The predicted molar refractivity (Wildman–Crippen MR) is 87.7 cm³/mol. The molecular weight excluding hydrogens is 354 g/mol. The molecule has 5 nitrogen and oxygen atoms in total. The zero-order chi connectivity index (χ0) is 19.3. The molecule has 2 N–H and O–H groups in total. The van der Waals surface area contributed by atoms with Gasteiger partial charge in [0.15, 0.2) is 0 Å². The molecule has 0 atom stereocenters. The first kappa shape index (κ1) is 18.1. The Kier molecular flexibility index (Phi) is 4.14. The van der Waals surface area contributed by atoms with E-state index in [1.54, 1.807) is 18.2 Å². The summed E-state index contributed by atoms with van der Waals surface area (Å²) in [7, 11) is 0. The lowest BCUT2D eigenvalue weighted by Gasteiger charge is -2.18. The summed E-state index contributed by atoms with van der Waals surface area (Å²) in [5.74, 6) is -1.83. The molecule has 0 unspecified atom stereocenters. The number of carbonyl (C=O) groups excluding carboxylic acids is 1. The second kappa shape index (κ2) is 5.94. The summed E-state index contributed by atoms with van der Waals surface area (Å²) < 4.78 is 54.4. The smallest absolute Gasteiger partial charge is 0.390 e. The van der Waals surface area contributed by atoms with Crippen LogP contribution >= 0.6 is 0 Å². The quantitative estimate of drug-likeness (QED) is 0.808. The lowest BCUT2D eigenvalue weighted by Crippen LogP contribution is -2.28. The number of hydrogen-bond donors (Lipinski definition) is 2. The molecular formula is C17H15F4N3O2. The van der Waals surface area contributed by atoms with Crippen LogP contribution in [0.5, 0.6) is 0 Å². The SMILES string of the molecule is CC(C)(O)CC(=O)Nc1nc2cc(C(F)(F)F)cc(F)c2n1C1=CC=C1. The van der Waals surface area contributed by atoms with E-state index in [1.807, 2.05) is 0 Å². The molecule has 2 aromatic rings. The van der Waals surface area contributed by atoms with Gasteiger partial charge in [0.2, 0.25) is 11.9 Å². The van der Waals surface area contributed by atoms with E-state index < -0.39 is 29.1 Å². The second-order valence-corrected chi connectivity index (χ2v) is 6.58. The maximum absolute atomic E-state index is 14.4. The summed E-state index contributed by atoms with van der Waals surface area (Å²) in [5.41, 5.74) is -2.40. The largest absolute Gasteiger partial charge is 0.416 e. The molecule has 0 bridgehead atoms. The Morgan fingerprint density at radius 1 is 1.31 bits per heavy atom. The second-order valence-electron chi connectivity index (χ2n) is 6.58. The van der Waals surface area contributed by atoms with Crippen molar-refractivity contribution in [3.63, 3.8) is 0 Å². The highest BCUT2D eigenvalue weighted by Gasteiger charge is 2.33. The van der Waals surface area contributed by atoms with Crippen LogP contribution < -0.4 is 5.32 Å². The van der Waals surface area contributed by atoms with E-state index in [0.717, 1.165) is 6.07 Å².